The van der Waals surface area contributed by atoms with Gasteiger partial charge in [-0.1, -0.05) is 13.8 Å². The van der Waals surface area contributed by atoms with Crippen LogP contribution in [0, 0.1) is 0 Å². The fourth-order valence-corrected chi connectivity index (χ4v) is 0.326. The summed E-state index contributed by atoms with van der Waals surface area (Å²) in [6.07, 6.45) is -5.92. The normalized spacial score (nSPS) is 9.83. The quantitative estimate of drug-likeness (QED) is 0.616. The van der Waals surface area contributed by atoms with Crippen molar-refractivity contribution < 1.29 is 22.8 Å². The summed E-state index contributed by atoms with van der Waals surface area (Å²) in [4.78, 5) is 19.9. The van der Waals surface area contributed by atoms with Crippen LogP contribution in [0.4, 0.5) is 13.2 Å². The number of alkyl halides is 3. The maximum atomic E-state index is 11.3. The Balaban J connectivity index is 0. The minimum absolute atomic E-state index is 0.776. The number of halogens is 3. The van der Waals surface area contributed by atoms with Gasteiger partial charge in [0.25, 0.3) is 0 Å². The van der Waals surface area contributed by atoms with Crippen LogP contribution in [-0.4, -0.2) is 17.7 Å². The summed E-state index contributed by atoms with van der Waals surface area (Å²) < 4.78 is 33.9. The van der Waals surface area contributed by atoms with Crippen LogP contribution < -0.4 is 0 Å². The third-order valence-electron chi connectivity index (χ3n) is 0.726. The molecule has 0 aliphatic rings. The second-order valence-electron chi connectivity index (χ2n) is 1.80. The molecule has 0 spiro atoms. The summed E-state index contributed by atoms with van der Waals surface area (Å²) in [7, 11) is 0. The van der Waals surface area contributed by atoms with Gasteiger partial charge in [0.05, 0.1) is 6.42 Å². The molecule has 0 aromatic carbocycles. The lowest BCUT2D eigenvalue weighted by Crippen LogP contribution is -2.24. The Labute approximate surface area is 68.8 Å². The molecule has 0 aliphatic heterocycles. The van der Waals surface area contributed by atoms with Crippen molar-refractivity contribution in [2.75, 3.05) is 0 Å². The molecule has 0 aliphatic carbocycles. The first-order chi connectivity index (χ1) is 5.34. The lowest BCUT2D eigenvalue weighted by molar-refractivity contribution is -0.171. The average molecular weight is 184 g/mol. The van der Waals surface area contributed by atoms with Crippen molar-refractivity contribution in [1.82, 2.24) is 0 Å². The van der Waals surface area contributed by atoms with Gasteiger partial charge in [-0.05, 0) is 6.92 Å². The first kappa shape index (κ1) is 13.7. The molecule has 0 rings (SSSR count). The third kappa shape index (κ3) is 7.24. The first-order valence-corrected chi connectivity index (χ1v) is 3.43. The third-order valence-corrected chi connectivity index (χ3v) is 0.726. The highest BCUT2D eigenvalue weighted by Crippen LogP contribution is 2.17. The molecule has 0 saturated heterocycles. The molecule has 0 aromatic rings. The predicted molar refractivity (Wildman–Crippen MR) is 37.7 cm³/mol. The van der Waals surface area contributed by atoms with Gasteiger partial charge in [0.2, 0.25) is 5.78 Å². The van der Waals surface area contributed by atoms with Crippen LogP contribution in [0.15, 0.2) is 0 Å². The summed E-state index contributed by atoms with van der Waals surface area (Å²) in [6.45, 7) is 4.93. The van der Waals surface area contributed by atoms with E-state index >= 15 is 0 Å². The molecule has 0 amide bonds. The average Bonchev–Trinajstić information content (AvgIpc) is 1.88. The van der Waals surface area contributed by atoms with Crippen molar-refractivity contribution in [3.05, 3.63) is 0 Å². The number of rotatable bonds is 2. The van der Waals surface area contributed by atoms with E-state index in [2.05, 4.69) is 0 Å². The Bertz CT molecular complexity index is 161. The monoisotopic (exact) mass is 184 g/mol. The summed E-state index contributed by atoms with van der Waals surface area (Å²) in [5.41, 5.74) is 0. The highest BCUT2D eigenvalue weighted by Gasteiger charge is 2.38. The smallest absolute Gasteiger partial charge is 0.300 e. The Kier molecular flexibility index (Phi) is 6.55. The van der Waals surface area contributed by atoms with Crippen LogP contribution in [0.3, 0.4) is 0 Å². The molecule has 0 radical (unpaired) electrons. The summed E-state index contributed by atoms with van der Waals surface area (Å²) in [5.74, 6) is -2.76. The molecular weight excluding hydrogens is 173 g/mol. The lowest BCUT2D eigenvalue weighted by Gasteiger charge is -2.00. The van der Waals surface area contributed by atoms with Gasteiger partial charge in [0, 0.05) is 0 Å². The number of carbonyl (C=O) groups excluding carboxylic acids is 2. The maximum absolute atomic E-state index is 11.3. The van der Waals surface area contributed by atoms with Gasteiger partial charge >= 0.3 is 6.18 Å². The van der Waals surface area contributed by atoms with Crippen LogP contribution in [0.1, 0.15) is 27.2 Å². The Morgan fingerprint density at radius 2 is 1.50 bits per heavy atom. The van der Waals surface area contributed by atoms with E-state index in [9.17, 15) is 22.8 Å². The molecule has 0 fully saturated rings. The molecule has 0 saturated carbocycles. The van der Waals surface area contributed by atoms with Gasteiger partial charge in [-0.2, -0.15) is 13.2 Å². The van der Waals surface area contributed by atoms with Crippen molar-refractivity contribution in [3.63, 3.8) is 0 Å². The zero-order chi connectivity index (χ0) is 10.4. The molecule has 12 heavy (non-hydrogen) atoms. The van der Waals surface area contributed by atoms with E-state index in [1.165, 1.54) is 0 Å². The summed E-state index contributed by atoms with van der Waals surface area (Å²) >= 11 is 0. The highest BCUT2D eigenvalue weighted by atomic mass is 19.4. The fourth-order valence-electron chi connectivity index (χ4n) is 0.326. The Morgan fingerprint density at radius 1 is 1.17 bits per heavy atom. The molecule has 0 bridgehead atoms. The molecule has 0 aromatic heterocycles. The lowest BCUT2D eigenvalue weighted by atomic mass is 10.2. The van der Waals surface area contributed by atoms with Crippen molar-refractivity contribution in [2.24, 2.45) is 0 Å². The van der Waals surface area contributed by atoms with Crippen LogP contribution >= 0.6 is 0 Å². The SMILES string of the molecule is CC.CC(=O)CC(=O)C(F)(F)F. The molecule has 0 heterocycles. The van der Waals surface area contributed by atoms with Gasteiger partial charge in [0.1, 0.15) is 5.78 Å². The van der Waals surface area contributed by atoms with Gasteiger partial charge in [-0.25, -0.2) is 0 Å². The first-order valence-electron chi connectivity index (χ1n) is 3.43. The van der Waals surface area contributed by atoms with Crippen LogP contribution in [-0.2, 0) is 9.59 Å². The van der Waals surface area contributed by atoms with Gasteiger partial charge in [-0.15, -0.1) is 0 Å². The Hall–Kier alpha value is -0.870. The van der Waals surface area contributed by atoms with Crippen LogP contribution in [0.25, 0.3) is 0 Å². The second kappa shape index (κ2) is 5.74. The number of carbonyl (C=O) groups is 2. The van der Waals surface area contributed by atoms with Crippen molar-refractivity contribution in [1.29, 1.82) is 0 Å². The molecule has 5 heteroatoms. The van der Waals surface area contributed by atoms with Crippen molar-refractivity contribution in [3.8, 4) is 0 Å². The highest BCUT2D eigenvalue weighted by molar-refractivity contribution is 6.00. The Morgan fingerprint density at radius 3 is 1.58 bits per heavy atom. The van der Waals surface area contributed by atoms with E-state index in [4.69, 9.17) is 0 Å². The largest absolute Gasteiger partial charge is 0.450 e. The van der Waals surface area contributed by atoms with Crippen LogP contribution in [0.2, 0.25) is 0 Å². The summed E-state index contributed by atoms with van der Waals surface area (Å²) in [6, 6.07) is 0. The number of Topliss-reactive ketones (excluding diaryl/α,β-unsaturated/α-hetero) is 2. The molecular formula is C7H11F3O2. The maximum Gasteiger partial charge on any atom is 0.450 e. The summed E-state index contributed by atoms with van der Waals surface area (Å²) in [5, 5.41) is 0. The van der Waals surface area contributed by atoms with Gasteiger partial charge in [0.15, 0.2) is 0 Å². The van der Waals surface area contributed by atoms with E-state index in [1.54, 1.807) is 0 Å². The van der Waals surface area contributed by atoms with E-state index in [0.717, 1.165) is 6.92 Å². The molecule has 0 unspecified atom stereocenters. The minimum atomic E-state index is -4.87. The number of ketones is 2. The van der Waals surface area contributed by atoms with Gasteiger partial charge < -0.3 is 0 Å². The molecule has 0 atom stereocenters. The van der Waals surface area contributed by atoms with Gasteiger partial charge in [-0.3, -0.25) is 9.59 Å². The topological polar surface area (TPSA) is 34.1 Å². The zero-order valence-corrected chi connectivity index (χ0v) is 7.16. The van der Waals surface area contributed by atoms with E-state index in [1.807, 2.05) is 13.8 Å². The zero-order valence-electron chi connectivity index (χ0n) is 7.16. The standard InChI is InChI=1S/C5H5F3O2.C2H6/c1-3(9)2-4(10)5(6,7)8;1-2/h2H2,1H3;1-2H3. The minimum Gasteiger partial charge on any atom is -0.300 e. The van der Waals surface area contributed by atoms with E-state index in [-0.39, 0.29) is 0 Å². The van der Waals surface area contributed by atoms with E-state index in [0.29, 0.717) is 0 Å². The predicted octanol–water partition coefficient (Wildman–Crippen LogP) is 2.12. The van der Waals surface area contributed by atoms with Crippen molar-refractivity contribution >= 4 is 11.6 Å². The van der Waals surface area contributed by atoms with Crippen molar-refractivity contribution in [2.45, 2.75) is 33.4 Å². The molecule has 72 valence electrons. The second-order valence-corrected chi connectivity index (χ2v) is 1.80. The molecule has 2 nitrogen and oxygen atoms in total. The fraction of sp³-hybridized carbons (Fsp3) is 0.714. The number of hydrogen-bond acceptors (Lipinski definition) is 2. The van der Waals surface area contributed by atoms with Crippen LogP contribution in [0.5, 0.6) is 0 Å². The number of hydrogen-bond donors (Lipinski definition) is 0. The van der Waals surface area contributed by atoms with E-state index < -0.39 is 24.2 Å². The molecule has 0 N–H and O–H groups in total.